The van der Waals surface area contributed by atoms with Gasteiger partial charge in [0.1, 0.15) is 18.1 Å². The Morgan fingerprint density at radius 3 is 2.31 bits per heavy atom. The molecule has 7 heteroatoms. The first kappa shape index (κ1) is 20.2. The second kappa shape index (κ2) is 10.1. The Kier molecular flexibility index (Phi) is 7.85. The SMILES string of the molecule is CCOC(=O)C(C)NP(=O)(COCc1ccccc1)Oc1ccccc1. The Bertz CT molecular complexity index is 723. The smallest absolute Gasteiger partial charge is 0.342 e. The first-order valence-corrected chi connectivity index (χ1v) is 10.2. The van der Waals surface area contributed by atoms with Gasteiger partial charge >= 0.3 is 13.5 Å². The number of hydrogen-bond acceptors (Lipinski definition) is 5. The molecule has 0 fully saturated rings. The fraction of sp³-hybridized carbons (Fsp3) is 0.316. The molecular weight excluding hydrogens is 353 g/mol. The van der Waals surface area contributed by atoms with Crippen LogP contribution in [0.15, 0.2) is 60.7 Å². The molecule has 2 aromatic carbocycles. The maximum Gasteiger partial charge on any atom is 0.342 e. The summed E-state index contributed by atoms with van der Waals surface area (Å²) in [4.78, 5) is 11.9. The molecule has 0 spiro atoms. The van der Waals surface area contributed by atoms with Gasteiger partial charge in [0.2, 0.25) is 0 Å². The van der Waals surface area contributed by atoms with Crippen molar-refractivity contribution in [3.63, 3.8) is 0 Å². The quantitative estimate of drug-likeness (QED) is 0.499. The van der Waals surface area contributed by atoms with Crippen molar-refractivity contribution in [3.8, 4) is 5.75 Å². The van der Waals surface area contributed by atoms with Crippen molar-refractivity contribution < 1.29 is 23.4 Å². The van der Waals surface area contributed by atoms with E-state index in [1.165, 1.54) is 0 Å². The number of carbonyl (C=O) groups excluding carboxylic acids is 1. The molecule has 0 aliphatic rings. The molecule has 0 heterocycles. The highest BCUT2D eigenvalue weighted by atomic mass is 31.2. The summed E-state index contributed by atoms with van der Waals surface area (Å²) in [6.45, 7) is 3.83. The predicted octanol–water partition coefficient (Wildman–Crippen LogP) is 3.97. The van der Waals surface area contributed by atoms with Gasteiger partial charge in [0.25, 0.3) is 0 Å². The highest BCUT2D eigenvalue weighted by Gasteiger charge is 2.30. The lowest BCUT2D eigenvalue weighted by Crippen LogP contribution is -2.35. The minimum atomic E-state index is -3.48. The second-order valence-electron chi connectivity index (χ2n) is 5.64. The summed E-state index contributed by atoms with van der Waals surface area (Å²) >= 11 is 0. The van der Waals surface area contributed by atoms with E-state index >= 15 is 0 Å². The number of hydrogen-bond donors (Lipinski definition) is 1. The molecule has 2 rings (SSSR count). The first-order chi connectivity index (χ1) is 12.5. The Hall–Kier alpha value is -2.14. The molecule has 0 aliphatic heterocycles. The Labute approximate surface area is 154 Å². The topological polar surface area (TPSA) is 73.9 Å². The maximum absolute atomic E-state index is 13.2. The minimum absolute atomic E-state index is 0.180. The third kappa shape index (κ3) is 6.64. The third-order valence-electron chi connectivity index (χ3n) is 3.40. The van der Waals surface area contributed by atoms with Gasteiger partial charge in [-0.25, -0.2) is 5.09 Å². The fourth-order valence-electron chi connectivity index (χ4n) is 2.21. The summed E-state index contributed by atoms with van der Waals surface area (Å²) in [5.74, 6) is -0.0600. The maximum atomic E-state index is 13.2. The lowest BCUT2D eigenvalue weighted by molar-refractivity contribution is -0.144. The zero-order valence-electron chi connectivity index (χ0n) is 15.0. The average Bonchev–Trinajstić information content (AvgIpc) is 2.63. The summed E-state index contributed by atoms with van der Waals surface area (Å²) in [6.07, 6.45) is -0.180. The monoisotopic (exact) mass is 377 g/mol. The van der Waals surface area contributed by atoms with E-state index in [0.29, 0.717) is 12.4 Å². The largest absolute Gasteiger partial charge is 0.465 e. The van der Waals surface area contributed by atoms with Crippen LogP contribution < -0.4 is 9.61 Å². The second-order valence-corrected chi connectivity index (χ2v) is 7.69. The Morgan fingerprint density at radius 2 is 1.69 bits per heavy atom. The van der Waals surface area contributed by atoms with Gasteiger partial charge in [-0.3, -0.25) is 9.36 Å². The molecular formula is C19H24NO5P. The van der Waals surface area contributed by atoms with E-state index in [1.54, 1.807) is 38.1 Å². The van der Waals surface area contributed by atoms with Gasteiger partial charge in [0.05, 0.1) is 13.2 Å². The predicted molar refractivity (Wildman–Crippen MR) is 100 cm³/mol. The molecule has 0 radical (unpaired) electrons. The van der Waals surface area contributed by atoms with Gasteiger partial charge in [0.15, 0.2) is 0 Å². The van der Waals surface area contributed by atoms with Crippen molar-refractivity contribution in [2.45, 2.75) is 26.5 Å². The van der Waals surface area contributed by atoms with Crippen LogP contribution in [0, 0.1) is 0 Å². The highest BCUT2D eigenvalue weighted by Crippen LogP contribution is 2.43. The Morgan fingerprint density at radius 1 is 1.08 bits per heavy atom. The molecule has 2 unspecified atom stereocenters. The normalized spacial score (nSPS) is 14.2. The van der Waals surface area contributed by atoms with Crippen molar-refractivity contribution in [1.82, 2.24) is 5.09 Å². The Balaban J connectivity index is 2.04. The number of nitrogens with one attached hydrogen (secondary N) is 1. The minimum Gasteiger partial charge on any atom is -0.465 e. The van der Waals surface area contributed by atoms with Gasteiger partial charge in [-0.15, -0.1) is 0 Å². The number of para-hydroxylation sites is 1. The lowest BCUT2D eigenvalue weighted by Gasteiger charge is -2.23. The van der Waals surface area contributed by atoms with Crippen molar-refractivity contribution >= 4 is 13.5 Å². The number of esters is 1. The van der Waals surface area contributed by atoms with Crippen LogP contribution >= 0.6 is 7.52 Å². The molecule has 0 bridgehead atoms. The lowest BCUT2D eigenvalue weighted by atomic mass is 10.2. The van der Waals surface area contributed by atoms with Crippen molar-refractivity contribution in [2.75, 3.05) is 13.0 Å². The van der Waals surface area contributed by atoms with Gasteiger partial charge in [-0.2, -0.15) is 0 Å². The van der Waals surface area contributed by atoms with Crippen LogP contribution in [0.2, 0.25) is 0 Å². The summed E-state index contributed by atoms with van der Waals surface area (Å²) < 4.78 is 29.4. The number of rotatable bonds is 10. The van der Waals surface area contributed by atoms with Crippen LogP contribution in [-0.2, 0) is 25.4 Å². The van der Waals surface area contributed by atoms with E-state index < -0.39 is 19.5 Å². The van der Waals surface area contributed by atoms with Gasteiger partial charge in [-0.1, -0.05) is 48.5 Å². The van der Waals surface area contributed by atoms with Crippen LogP contribution in [-0.4, -0.2) is 25.0 Å². The molecule has 26 heavy (non-hydrogen) atoms. The van der Waals surface area contributed by atoms with E-state index in [1.807, 2.05) is 36.4 Å². The zero-order chi connectivity index (χ0) is 18.8. The van der Waals surface area contributed by atoms with E-state index in [0.717, 1.165) is 5.56 Å². The van der Waals surface area contributed by atoms with Gasteiger partial charge in [0, 0.05) is 0 Å². The molecule has 0 aromatic heterocycles. The molecule has 0 saturated carbocycles. The van der Waals surface area contributed by atoms with Crippen molar-refractivity contribution in [1.29, 1.82) is 0 Å². The zero-order valence-corrected chi connectivity index (χ0v) is 15.9. The number of carbonyl (C=O) groups is 1. The molecule has 0 saturated heterocycles. The third-order valence-corrected chi connectivity index (χ3v) is 5.21. The molecule has 2 atom stereocenters. The van der Waals surface area contributed by atoms with E-state index in [4.69, 9.17) is 14.0 Å². The van der Waals surface area contributed by atoms with E-state index in [-0.39, 0.29) is 13.0 Å². The fourth-order valence-corrected chi connectivity index (χ4v) is 3.88. The van der Waals surface area contributed by atoms with Crippen LogP contribution in [0.1, 0.15) is 19.4 Å². The van der Waals surface area contributed by atoms with E-state index in [9.17, 15) is 9.36 Å². The summed E-state index contributed by atoms with van der Waals surface area (Å²) in [7, 11) is -3.48. The van der Waals surface area contributed by atoms with Gasteiger partial charge in [-0.05, 0) is 31.5 Å². The van der Waals surface area contributed by atoms with Crippen LogP contribution in [0.25, 0.3) is 0 Å². The molecule has 0 amide bonds. The molecule has 140 valence electrons. The van der Waals surface area contributed by atoms with Crippen LogP contribution in [0.3, 0.4) is 0 Å². The summed E-state index contributed by atoms with van der Waals surface area (Å²) in [5, 5.41) is 2.75. The average molecular weight is 377 g/mol. The molecule has 2 aromatic rings. The number of ether oxygens (including phenoxy) is 2. The standard InChI is InChI=1S/C19H24NO5P/c1-3-24-19(21)16(2)20-26(22,25-18-12-8-5-9-13-18)15-23-14-17-10-6-4-7-11-17/h4-13,16H,3,14-15H2,1-2H3,(H,20,22). The highest BCUT2D eigenvalue weighted by molar-refractivity contribution is 7.57. The molecule has 1 N–H and O–H groups in total. The molecule has 6 nitrogen and oxygen atoms in total. The molecule has 0 aliphatic carbocycles. The van der Waals surface area contributed by atoms with E-state index in [2.05, 4.69) is 5.09 Å². The first-order valence-electron chi connectivity index (χ1n) is 8.42. The van der Waals surface area contributed by atoms with Gasteiger partial charge < -0.3 is 14.0 Å². The number of benzene rings is 2. The summed E-state index contributed by atoms with van der Waals surface area (Å²) in [5.41, 5.74) is 0.956. The van der Waals surface area contributed by atoms with Crippen molar-refractivity contribution in [2.24, 2.45) is 0 Å². The van der Waals surface area contributed by atoms with Crippen LogP contribution in [0.4, 0.5) is 0 Å². The summed E-state index contributed by atoms with van der Waals surface area (Å²) in [6, 6.07) is 17.5. The van der Waals surface area contributed by atoms with Crippen molar-refractivity contribution in [3.05, 3.63) is 66.2 Å². The van der Waals surface area contributed by atoms with Crippen LogP contribution in [0.5, 0.6) is 5.75 Å².